The molecule has 0 aliphatic carbocycles. The number of nitrogens with zero attached hydrogens (tertiary/aromatic N) is 4. The van der Waals surface area contributed by atoms with Gasteiger partial charge in [0, 0.05) is 71.6 Å². The van der Waals surface area contributed by atoms with Crippen molar-refractivity contribution in [2.75, 3.05) is 11.9 Å². The number of anilines is 2. The fourth-order valence-corrected chi connectivity index (χ4v) is 4.44. The Labute approximate surface area is 222 Å². The topological polar surface area (TPSA) is 102 Å². The molecule has 0 aliphatic rings. The van der Waals surface area contributed by atoms with Crippen LogP contribution in [0.4, 0.5) is 11.4 Å². The molecular weight excluding hydrogens is 470 g/mol. The van der Waals surface area contributed by atoms with Crippen LogP contribution in [0, 0.1) is 25.2 Å². The van der Waals surface area contributed by atoms with E-state index in [0.29, 0.717) is 12.1 Å². The van der Waals surface area contributed by atoms with Crippen molar-refractivity contribution in [2.45, 2.75) is 26.8 Å². The molecule has 0 radical (unpaired) electrons. The molecule has 0 aliphatic heterocycles. The molecular formula is C31H29N7. The maximum absolute atomic E-state index is 9.83. The van der Waals surface area contributed by atoms with Crippen LogP contribution in [0.25, 0.3) is 23.1 Å². The number of aromatic amines is 1. The van der Waals surface area contributed by atoms with Crippen molar-refractivity contribution >= 4 is 34.4 Å². The highest BCUT2D eigenvalue weighted by Crippen LogP contribution is 2.32. The van der Waals surface area contributed by atoms with Crippen LogP contribution in [-0.4, -0.2) is 26.5 Å². The molecule has 38 heavy (non-hydrogen) atoms. The molecule has 5 rings (SSSR count). The van der Waals surface area contributed by atoms with E-state index in [2.05, 4.69) is 44.6 Å². The fourth-order valence-electron chi connectivity index (χ4n) is 4.44. The summed E-state index contributed by atoms with van der Waals surface area (Å²) in [5.74, 6) is 0. The predicted molar refractivity (Wildman–Crippen MR) is 153 cm³/mol. The largest absolute Gasteiger partial charge is 0.361 e. The van der Waals surface area contributed by atoms with E-state index < -0.39 is 0 Å². The summed E-state index contributed by atoms with van der Waals surface area (Å²) in [5.41, 5.74) is 8.93. The van der Waals surface area contributed by atoms with Crippen molar-refractivity contribution in [2.24, 2.45) is 0 Å². The molecule has 0 saturated heterocycles. The monoisotopic (exact) mass is 499 g/mol. The van der Waals surface area contributed by atoms with Gasteiger partial charge in [-0.05, 0) is 74.0 Å². The average molecular weight is 500 g/mol. The molecule has 0 fully saturated rings. The Bertz CT molecular complexity index is 1630. The van der Waals surface area contributed by atoms with E-state index in [4.69, 9.17) is 4.98 Å². The van der Waals surface area contributed by atoms with Gasteiger partial charge in [-0.15, -0.1) is 0 Å². The molecule has 0 unspecified atom stereocenters. The van der Waals surface area contributed by atoms with Crippen molar-refractivity contribution in [3.63, 3.8) is 0 Å². The molecule has 1 aromatic carbocycles. The molecule has 188 valence electrons. The van der Waals surface area contributed by atoms with Crippen LogP contribution < -0.4 is 10.6 Å². The number of H-pyrrole nitrogens is 1. The standard InChI is InChI=1S/C31H29N7/c1-21-27-14-17-35-30(27)12-11-29(21)38-31-23(18-32)19-36-22(2)28(31)10-9-25-7-5-8-26(37-25)20-33-16-13-24-6-3-4-15-34-24/h3-12,14-15,17,19,33,35H,13,16,20H2,1-2H3,(H,36,38)/b10-9+. The Morgan fingerprint density at radius 3 is 2.71 bits per heavy atom. The fraction of sp³-hybridized carbons (Fsp3) is 0.161. The second kappa shape index (κ2) is 11.5. The summed E-state index contributed by atoms with van der Waals surface area (Å²) in [7, 11) is 0. The number of aromatic nitrogens is 4. The Hall–Kier alpha value is -4.80. The molecule has 7 heteroatoms. The minimum atomic E-state index is 0.489. The number of aryl methyl sites for hydroxylation is 2. The molecule has 0 atom stereocenters. The Morgan fingerprint density at radius 1 is 0.974 bits per heavy atom. The van der Waals surface area contributed by atoms with Gasteiger partial charge in [0.15, 0.2) is 0 Å². The van der Waals surface area contributed by atoms with Crippen LogP contribution in [0.5, 0.6) is 0 Å². The number of nitriles is 1. The third-order valence-corrected chi connectivity index (χ3v) is 6.54. The minimum Gasteiger partial charge on any atom is -0.361 e. The lowest BCUT2D eigenvalue weighted by Crippen LogP contribution is -2.17. The van der Waals surface area contributed by atoms with E-state index in [1.54, 1.807) is 6.20 Å². The van der Waals surface area contributed by atoms with Gasteiger partial charge >= 0.3 is 0 Å². The van der Waals surface area contributed by atoms with Crippen LogP contribution >= 0.6 is 0 Å². The van der Waals surface area contributed by atoms with Gasteiger partial charge in [-0.2, -0.15) is 5.26 Å². The van der Waals surface area contributed by atoms with E-state index >= 15 is 0 Å². The number of rotatable bonds is 9. The lowest BCUT2D eigenvalue weighted by Gasteiger charge is -2.16. The molecule has 0 saturated carbocycles. The summed E-state index contributed by atoms with van der Waals surface area (Å²) in [6.45, 7) is 5.53. The summed E-state index contributed by atoms with van der Waals surface area (Å²) in [5, 5.41) is 17.9. The number of hydrogen-bond acceptors (Lipinski definition) is 6. The molecule has 3 N–H and O–H groups in total. The van der Waals surface area contributed by atoms with Gasteiger partial charge in [-0.3, -0.25) is 15.0 Å². The number of hydrogen-bond donors (Lipinski definition) is 3. The van der Waals surface area contributed by atoms with E-state index in [-0.39, 0.29) is 0 Å². The lowest BCUT2D eigenvalue weighted by molar-refractivity contribution is 0.668. The second-order valence-corrected chi connectivity index (χ2v) is 9.09. The second-order valence-electron chi connectivity index (χ2n) is 9.09. The summed E-state index contributed by atoms with van der Waals surface area (Å²) in [6.07, 6.45) is 10.2. The summed E-state index contributed by atoms with van der Waals surface area (Å²) in [4.78, 5) is 16.9. The van der Waals surface area contributed by atoms with Gasteiger partial charge in [0.1, 0.15) is 6.07 Å². The number of nitrogens with one attached hydrogen (secondary N) is 3. The zero-order chi connectivity index (χ0) is 26.3. The summed E-state index contributed by atoms with van der Waals surface area (Å²) in [6, 6.07) is 20.4. The van der Waals surface area contributed by atoms with E-state index in [1.165, 1.54) is 0 Å². The lowest BCUT2D eigenvalue weighted by atomic mass is 10.0. The Balaban J connectivity index is 1.35. The van der Waals surface area contributed by atoms with E-state index in [0.717, 1.165) is 69.1 Å². The van der Waals surface area contributed by atoms with Crippen LogP contribution in [0.2, 0.25) is 0 Å². The number of fused-ring (bicyclic) bond motifs is 1. The minimum absolute atomic E-state index is 0.489. The van der Waals surface area contributed by atoms with E-state index in [9.17, 15) is 5.26 Å². The Kier molecular flexibility index (Phi) is 7.53. The zero-order valence-corrected chi connectivity index (χ0v) is 21.5. The number of benzene rings is 1. The first-order valence-corrected chi connectivity index (χ1v) is 12.6. The Morgan fingerprint density at radius 2 is 1.87 bits per heavy atom. The predicted octanol–water partition coefficient (Wildman–Crippen LogP) is 6.09. The maximum atomic E-state index is 9.83. The van der Waals surface area contributed by atoms with Gasteiger partial charge < -0.3 is 15.6 Å². The molecule has 0 bridgehead atoms. The van der Waals surface area contributed by atoms with Crippen molar-refractivity contribution in [1.29, 1.82) is 5.26 Å². The van der Waals surface area contributed by atoms with Crippen molar-refractivity contribution < 1.29 is 0 Å². The van der Waals surface area contributed by atoms with Crippen molar-refractivity contribution in [1.82, 2.24) is 25.3 Å². The van der Waals surface area contributed by atoms with Crippen LogP contribution in [0.1, 0.15) is 39.5 Å². The highest BCUT2D eigenvalue weighted by atomic mass is 14.9. The normalized spacial score (nSPS) is 11.2. The molecule has 4 heterocycles. The molecule has 5 aromatic rings. The van der Waals surface area contributed by atoms with Gasteiger partial charge in [0.05, 0.1) is 22.6 Å². The SMILES string of the molecule is Cc1ncc(C#N)c(Nc2ccc3[nH]ccc3c2C)c1/C=C/c1cccc(CNCCc2ccccn2)n1. The van der Waals surface area contributed by atoms with Gasteiger partial charge in [-0.25, -0.2) is 0 Å². The first kappa shape index (κ1) is 24.9. The van der Waals surface area contributed by atoms with Crippen LogP contribution in [0.3, 0.4) is 0 Å². The van der Waals surface area contributed by atoms with Gasteiger partial charge in [0.25, 0.3) is 0 Å². The quantitative estimate of drug-likeness (QED) is 0.212. The van der Waals surface area contributed by atoms with Crippen molar-refractivity contribution in [3.05, 3.63) is 113 Å². The third-order valence-electron chi connectivity index (χ3n) is 6.54. The highest BCUT2D eigenvalue weighted by Gasteiger charge is 2.13. The first-order valence-electron chi connectivity index (χ1n) is 12.6. The van der Waals surface area contributed by atoms with Crippen molar-refractivity contribution in [3.8, 4) is 6.07 Å². The summed E-state index contributed by atoms with van der Waals surface area (Å²) < 4.78 is 0. The molecule has 7 nitrogen and oxygen atoms in total. The van der Waals surface area contributed by atoms with Crippen LogP contribution in [-0.2, 0) is 13.0 Å². The smallest absolute Gasteiger partial charge is 0.103 e. The van der Waals surface area contributed by atoms with Gasteiger partial charge in [0.2, 0.25) is 0 Å². The number of pyridine rings is 3. The molecule has 0 spiro atoms. The van der Waals surface area contributed by atoms with Gasteiger partial charge in [-0.1, -0.05) is 12.1 Å². The molecule has 0 amide bonds. The molecule has 4 aromatic heterocycles. The zero-order valence-electron chi connectivity index (χ0n) is 21.5. The third kappa shape index (κ3) is 5.61. The van der Waals surface area contributed by atoms with E-state index in [1.807, 2.05) is 80.0 Å². The first-order chi connectivity index (χ1) is 18.6. The average Bonchev–Trinajstić information content (AvgIpc) is 3.43. The highest BCUT2D eigenvalue weighted by molar-refractivity contribution is 5.90. The maximum Gasteiger partial charge on any atom is 0.103 e. The summed E-state index contributed by atoms with van der Waals surface area (Å²) >= 11 is 0. The van der Waals surface area contributed by atoms with Crippen LogP contribution in [0.15, 0.2) is 73.2 Å².